The molecular weight excluding hydrogens is 374 g/mol. The average molecular weight is 393 g/mol. The van der Waals surface area contributed by atoms with Gasteiger partial charge in [-0.25, -0.2) is 13.9 Å². The number of para-hydroxylation sites is 1. The predicted octanol–water partition coefficient (Wildman–Crippen LogP) is 1.99. The number of amides is 1. The van der Waals surface area contributed by atoms with E-state index in [-0.39, 0.29) is 16.1 Å². The van der Waals surface area contributed by atoms with Gasteiger partial charge in [0.25, 0.3) is 11.6 Å². The maximum absolute atomic E-state index is 13.1. The summed E-state index contributed by atoms with van der Waals surface area (Å²) in [5.41, 5.74) is 2.13. The second-order valence-corrected chi connectivity index (χ2v) is 7.79. The van der Waals surface area contributed by atoms with E-state index in [4.69, 9.17) is 5.21 Å². The normalized spacial score (nSPS) is 12.6. The molecule has 0 fully saturated rings. The van der Waals surface area contributed by atoms with Gasteiger partial charge in [-0.1, -0.05) is 35.9 Å². The average Bonchev–Trinajstić information content (AvgIpc) is 2.65. The Kier molecular flexibility index (Phi) is 6.26. The highest BCUT2D eigenvalue weighted by molar-refractivity contribution is 7.89. The van der Waals surface area contributed by atoms with Crippen molar-refractivity contribution in [3.05, 3.63) is 69.8 Å². The van der Waals surface area contributed by atoms with Crippen LogP contribution in [0.1, 0.15) is 18.1 Å². The molecule has 0 aliphatic heterocycles. The first kappa shape index (κ1) is 20.5. The Morgan fingerprint density at radius 2 is 1.81 bits per heavy atom. The fourth-order valence-electron chi connectivity index (χ4n) is 2.49. The van der Waals surface area contributed by atoms with E-state index >= 15 is 0 Å². The van der Waals surface area contributed by atoms with Gasteiger partial charge in [0.1, 0.15) is 6.04 Å². The molecule has 0 unspecified atom stereocenters. The highest BCUT2D eigenvalue weighted by Gasteiger charge is 2.34. The molecule has 0 aliphatic rings. The zero-order valence-electron chi connectivity index (χ0n) is 14.7. The van der Waals surface area contributed by atoms with Crippen molar-refractivity contribution in [2.24, 2.45) is 0 Å². The third-order valence-corrected chi connectivity index (χ3v) is 5.99. The third-order valence-electron chi connectivity index (χ3n) is 4.06. The topological polar surface area (TPSA) is 130 Å². The van der Waals surface area contributed by atoms with Gasteiger partial charge in [-0.3, -0.25) is 20.1 Å². The molecule has 9 nitrogen and oxygen atoms in total. The van der Waals surface area contributed by atoms with Crippen LogP contribution in [0.4, 0.5) is 5.69 Å². The molecule has 1 atom stereocenters. The molecule has 0 aromatic heterocycles. The Balaban J connectivity index is 2.54. The van der Waals surface area contributed by atoms with Gasteiger partial charge in [0.05, 0.1) is 9.82 Å². The lowest BCUT2D eigenvalue weighted by molar-refractivity contribution is -0.385. The highest BCUT2D eigenvalue weighted by atomic mass is 32.2. The summed E-state index contributed by atoms with van der Waals surface area (Å²) in [6, 6.07) is 10.4. The first-order valence-corrected chi connectivity index (χ1v) is 9.37. The van der Waals surface area contributed by atoms with Gasteiger partial charge in [0, 0.05) is 18.2 Å². The lowest BCUT2D eigenvalue weighted by Crippen LogP contribution is -2.46. The monoisotopic (exact) mass is 393 g/mol. The second kappa shape index (κ2) is 8.25. The molecular formula is C17H19N3O6S. The lowest BCUT2D eigenvalue weighted by Gasteiger charge is -2.27. The van der Waals surface area contributed by atoms with Gasteiger partial charge in [0.2, 0.25) is 10.0 Å². The van der Waals surface area contributed by atoms with E-state index in [1.807, 2.05) is 0 Å². The molecule has 0 heterocycles. The third kappa shape index (κ3) is 4.48. The Labute approximate surface area is 156 Å². The number of nitrogens with one attached hydrogen (secondary N) is 1. The van der Waals surface area contributed by atoms with Gasteiger partial charge >= 0.3 is 0 Å². The summed E-state index contributed by atoms with van der Waals surface area (Å²) in [4.78, 5) is 22.4. The molecule has 0 saturated heterocycles. The van der Waals surface area contributed by atoms with Crippen LogP contribution in [-0.2, 0) is 21.4 Å². The van der Waals surface area contributed by atoms with Crippen molar-refractivity contribution >= 4 is 21.6 Å². The molecule has 10 heteroatoms. The molecule has 0 saturated carbocycles. The van der Waals surface area contributed by atoms with Crippen LogP contribution in [0.3, 0.4) is 0 Å². The van der Waals surface area contributed by atoms with Crippen LogP contribution in [0, 0.1) is 17.0 Å². The van der Waals surface area contributed by atoms with E-state index in [9.17, 15) is 23.3 Å². The number of rotatable bonds is 7. The number of hydrogen-bond acceptors (Lipinski definition) is 6. The highest BCUT2D eigenvalue weighted by Crippen LogP contribution is 2.26. The van der Waals surface area contributed by atoms with E-state index in [0.29, 0.717) is 0 Å². The molecule has 1 amide bonds. The van der Waals surface area contributed by atoms with E-state index in [1.54, 1.807) is 19.1 Å². The van der Waals surface area contributed by atoms with E-state index in [0.717, 1.165) is 9.87 Å². The molecule has 2 N–H and O–H groups in total. The Hall–Kier alpha value is -2.82. The molecule has 0 bridgehead atoms. The number of sulfonamides is 1. The smallest absolute Gasteiger partial charge is 0.273 e. The van der Waals surface area contributed by atoms with Gasteiger partial charge in [-0.05, 0) is 26.0 Å². The summed E-state index contributed by atoms with van der Waals surface area (Å²) in [7, 11) is -4.17. The number of hydrogen-bond donors (Lipinski definition) is 2. The predicted molar refractivity (Wildman–Crippen MR) is 96.4 cm³/mol. The summed E-state index contributed by atoms with van der Waals surface area (Å²) in [5, 5.41) is 20.1. The van der Waals surface area contributed by atoms with Crippen molar-refractivity contribution in [1.29, 1.82) is 0 Å². The van der Waals surface area contributed by atoms with Crippen molar-refractivity contribution in [2.75, 3.05) is 0 Å². The van der Waals surface area contributed by atoms with Crippen molar-refractivity contribution in [3.63, 3.8) is 0 Å². The Morgan fingerprint density at radius 1 is 1.22 bits per heavy atom. The molecule has 2 rings (SSSR count). The summed E-state index contributed by atoms with van der Waals surface area (Å²) in [6.45, 7) is 2.66. The number of nitrogens with zero attached hydrogens (tertiary/aromatic N) is 2. The molecule has 0 spiro atoms. The Bertz CT molecular complexity index is 943. The minimum absolute atomic E-state index is 0.0655. The maximum atomic E-state index is 13.1. The van der Waals surface area contributed by atoms with Crippen LogP contribution < -0.4 is 5.48 Å². The number of carbonyl (C=O) groups is 1. The van der Waals surface area contributed by atoms with Gasteiger partial charge in [-0.2, -0.15) is 4.31 Å². The van der Waals surface area contributed by atoms with Crippen LogP contribution in [0.2, 0.25) is 0 Å². The fourth-order valence-corrected chi connectivity index (χ4v) is 4.06. The largest absolute Gasteiger partial charge is 0.289 e. The van der Waals surface area contributed by atoms with E-state index < -0.39 is 33.4 Å². The zero-order valence-corrected chi connectivity index (χ0v) is 15.5. The molecule has 0 aliphatic carbocycles. The first-order chi connectivity index (χ1) is 12.7. The molecule has 2 aromatic carbocycles. The van der Waals surface area contributed by atoms with Crippen molar-refractivity contribution in [2.45, 2.75) is 31.3 Å². The van der Waals surface area contributed by atoms with Crippen LogP contribution in [0.5, 0.6) is 0 Å². The van der Waals surface area contributed by atoms with Crippen molar-refractivity contribution in [3.8, 4) is 0 Å². The van der Waals surface area contributed by atoms with Crippen LogP contribution in [0.15, 0.2) is 53.4 Å². The lowest BCUT2D eigenvalue weighted by atomic mass is 10.1. The summed E-state index contributed by atoms with van der Waals surface area (Å²) >= 11 is 0. The summed E-state index contributed by atoms with van der Waals surface area (Å²) in [6.07, 6.45) is 0. The number of carbonyl (C=O) groups excluding carboxylic acids is 1. The number of aryl methyl sites for hydroxylation is 1. The minimum atomic E-state index is -4.17. The van der Waals surface area contributed by atoms with E-state index in [2.05, 4.69) is 0 Å². The van der Waals surface area contributed by atoms with Crippen LogP contribution in [-0.4, -0.2) is 34.8 Å². The van der Waals surface area contributed by atoms with Gasteiger partial charge in [-0.15, -0.1) is 0 Å². The molecule has 2 aromatic rings. The minimum Gasteiger partial charge on any atom is -0.289 e. The van der Waals surface area contributed by atoms with E-state index in [1.165, 1.54) is 48.8 Å². The van der Waals surface area contributed by atoms with Gasteiger partial charge in [0.15, 0.2) is 0 Å². The number of nitro benzene ring substituents is 1. The Morgan fingerprint density at radius 3 is 2.37 bits per heavy atom. The fraction of sp³-hybridized carbons (Fsp3) is 0.235. The van der Waals surface area contributed by atoms with Crippen molar-refractivity contribution in [1.82, 2.24) is 9.79 Å². The number of nitro groups is 1. The quantitative estimate of drug-likeness (QED) is 0.420. The standard InChI is InChI=1S/C17H19N3O6S/c1-12-7-9-15(10-8-12)27(25,26)19(13(2)17(21)18-22)11-14-5-3-4-6-16(14)20(23)24/h3-10,13,22H,11H2,1-2H3,(H,18,21)/t13-/m0/s1. The van der Waals surface area contributed by atoms with Crippen molar-refractivity contribution < 1.29 is 23.3 Å². The summed E-state index contributed by atoms with van der Waals surface area (Å²) in [5.74, 6) is -0.954. The molecule has 27 heavy (non-hydrogen) atoms. The zero-order chi connectivity index (χ0) is 20.2. The first-order valence-electron chi connectivity index (χ1n) is 7.93. The SMILES string of the molecule is Cc1ccc(S(=O)(=O)N(Cc2ccccc2[N+](=O)[O-])[C@@H](C)C(=O)NO)cc1. The van der Waals surface area contributed by atoms with Crippen LogP contribution in [0.25, 0.3) is 0 Å². The van der Waals surface area contributed by atoms with Gasteiger partial charge < -0.3 is 0 Å². The maximum Gasteiger partial charge on any atom is 0.273 e. The molecule has 144 valence electrons. The summed E-state index contributed by atoms with van der Waals surface area (Å²) < 4.78 is 27.0. The number of hydroxylamine groups is 1. The molecule has 0 radical (unpaired) electrons. The number of benzene rings is 2. The second-order valence-electron chi connectivity index (χ2n) is 5.90. The van der Waals surface area contributed by atoms with Crippen LogP contribution >= 0.6 is 0 Å².